The van der Waals surface area contributed by atoms with Crippen molar-refractivity contribution < 1.29 is 0 Å². The Kier molecular flexibility index (Phi) is 10.5. The van der Waals surface area contributed by atoms with Gasteiger partial charge in [-0.3, -0.25) is 0 Å². The van der Waals surface area contributed by atoms with Crippen LogP contribution in [0.2, 0.25) is 5.09 Å². The van der Waals surface area contributed by atoms with Crippen LogP contribution in [-0.2, 0) is 0 Å². The van der Waals surface area contributed by atoms with Crippen molar-refractivity contribution in [3.63, 3.8) is 0 Å². The number of hydrogen-bond donors (Lipinski definition) is 0. The van der Waals surface area contributed by atoms with Gasteiger partial charge >= 0.3 is 99.7 Å². The Labute approximate surface area is 99.8 Å². The van der Waals surface area contributed by atoms with Crippen LogP contribution in [0.1, 0.15) is 52.9 Å². The summed E-state index contributed by atoms with van der Waals surface area (Å²) in [5.74, 6) is 0. The van der Waals surface area contributed by atoms with Crippen molar-refractivity contribution in [3.8, 4) is 0 Å². The second-order valence-corrected chi connectivity index (χ2v) is 4.38. The normalized spacial score (nSPS) is 13.6. The van der Waals surface area contributed by atoms with Crippen LogP contribution in [0.15, 0.2) is 0 Å². The van der Waals surface area contributed by atoms with Gasteiger partial charge in [-0.05, 0) is 0 Å². The predicted octanol–water partition coefficient (Wildman–Crippen LogP) is 3.25. The van der Waals surface area contributed by atoms with Gasteiger partial charge in [0, 0.05) is 0 Å². The van der Waals surface area contributed by atoms with Crippen LogP contribution in [0.5, 0.6) is 0 Å². The van der Waals surface area contributed by atoms with E-state index in [1.54, 1.807) is 0 Å². The third-order valence-corrected chi connectivity index (χ3v) is 2.93. The molecule has 0 amide bonds. The first-order chi connectivity index (χ1) is 6.76. The Morgan fingerprint density at radius 2 is 1.57 bits per heavy atom. The molecule has 0 aromatic carbocycles. The fourth-order valence-corrected chi connectivity index (χ4v) is 1.88. The van der Waals surface area contributed by atoms with Gasteiger partial charge in [-0.1, -0.05) is 0 Å². The summed E-state index contributed by atoms with van der Waals surface area (Å²) in [7, 11) is 0. The summed E-state index contributed by atoms with van der Waals surface area (Å²) in [5.41, 5.74) is 0. The monoisotopic (exact) mass is 191 g/mol. The van der Waals surface area contributed by atoms with Crippen LogP contribution >= 0.6 is 0 Å². The van der Waals surface area contributed by atoms with Crippen LogP contribution in [0.25, 0.3) is 0 Å². The molecule has 1 nitrogen and oxygen atoms in total. The van der Waals surface area contributed by atoms with Gasteiger partial charge in [0.1, 0.15) is 0 Å². The summed E-state index contributed by atoms with van der Waals surface area (Å²) >= 11 is 2.29. The van der Waals surface area contributed by atoms with Gasteiger partial charge in [0.25, 0.3) is 0 Å². The van der Waals surface area contributed by atoms with E-state index in [0.29, 0.717) is 0 Å². The fraction of sp³-hybridized carbons (Fsp3) is 1.00. The second-order valence-electron chi connectivity index (χ2n) is 4.38. The third-order valence-electron chi connectivity index (χ3n) is 2.93. The van der Waals surface area contributed by atoms with E-state index in [4.69, 9.17) is 0 Å². The predicted molar refractivity (Wildman–Crippen MR) is 66.0 cm³/mol. The minimum atomic E-state index is 0.790. The zero-order valence-corrected chi connectivity index (χ0v) is 10.7. The van der Waals surface area contributed by atoms with Crippen LogP contribution in [0, 0.1) is 0 Å². The van der Waals surface area contributed by atoms with Crippen LogP contribution < -0.4 is 0 Å². The molecule has 0 bridgehead atoms. The van der Waals surface area contributed by atoms with Gasteiger partial charge < -0.3 is 0 Å². The molecule has 80 valence electrons. The van der Waals surface area contributed by atoms with Gasteiger partial charge in [0.15, 0.2) is 0 Å². The maximum atomic E-state index is 2.68. The van der Waals surface area contributed by atoms with Gasteiger partial charge in [-0.15, -0.1) is 0 Å². The van der Waals surface area contributed by atoms with Crippen molar-refractivity contribution in [3.05, 3.63) is 0 Å². The average molecular weight is 191 g/mol. The summed E-state index contributed by atoms with van der Waals surface area (Å²) in [5, 5.41) is 1.32. The maximum absolute atomic E-state index is 2.68. The first-order valence-electron chi connectivity index (χ1n) is 6.50. The molecule has 0 spiro atoms. The van der Waals surface area contributed by atoms with E-state index in [1.165, 1.54) is 50.3 Å². The zero-order valence-electron chi connectivity index (χ0n) is 10.7. The van der Waals surface area contributed by atoms with Crippen molar-refractivity contribution >= 4 is 17.7 Å². The first kappa shape index (κ1) is 14.6. The summed E-state index contributed by atoms with van der Waals surface area (Å²) in [6.07, 6.45) is 6.71. The van der Waals surface area contributed by atoms with E-state index >= 15 is 0 Å². The minimum absolute atomic E-state index is 0.790. The Balaban J connectivity index is 3.81. The molecule has 0 saturated carbocycles. The fourth-order valence-electron chi connectivity index (χ4n) is 1.88. The average Bonchev–Trinajstić information content (AvgIpc) is 2.18. The van der Waals surface area contributed by atoms with Crippen molar-refractivity contribution in [2.24, 2.45) is 0 Å². The Bertz CT molecular complexity index is 109. The summed E-state index contributed by atoms with van der Waals surface area (Å²) in [6.45, 7) is 9.55. The number of nitrogens with zero attached hydrogens (tertiary/aromatic N) is 1. The SMILES string of the molecule is [Li][CH2]CC(C)N(CCCC)CCCC. The van der Waals surface area contributed by atoms with E-state index in [0.717, 1.165) is 6.04 Å². The van der Waals surface area contributed by atoms with Crippen molar-refractivity contribution in [2.45, 2.75) is 64.0 Å². The topological polar surface area (TPSA) is 3.24 Å². The standard InChI is InChI=1S/C12H26N.Li/c1-5-8-10-13(11-9-6-2)12(4)7-3;/h12H,3,5-11H2,1-2,4H3;. The molecule has 0 rings (SSSR count). The first-order valence-corrected chi connectivity index (χ1v) is 6.50. The van der Waals surface area contributed by atoms with E-state index in [9.17, 15) is 0 Å². The molecule has 0 radical (unpaired) electrons. The number of rotatable bonds is 9. The third kappa shape index (κ3) is 6.93. The van der Waals surface area contributed by atoms with Crippen molar-refractivity contribution in [2.75, 3.05) is 13.1 Å². The molecule has 1 atom stereocenters. The molecule has 0 aromatic heterocycles. The molecule has 0 aliphatic rings. The molecule has 0 heterocycles. The number of unbranched alkanes of at least 4 members (excludes halogenated alkanes) is 2. The zero-order chi connectivity index (χ0) is 10.8. The van der Waals surface area contributed by atoms with Crippen LogP contribution in [0.3, 0.4) is 0 Å². The van der Waals surface area contributed by atoms with E-state index < -0.39 is 0 Å². The Morgan fingerprint density at radius 1 is 1.07 bits per heavy atom. The van der Waals surface area contributed by atoms with E-state index in [2.05, 4.69) is 43.4 Å². The summed E-state index contributed by atoms with van der Waals surface area (Å²) in [6, 6.07) is 0.790. The van der Waals surface area contributed by atoms with Gasteiger partial charge in [0.05, 0.1) is 0 Å². The Hall–Kier alpha value is 0.557. The Morgan fingerprint density at radius 3 is 1.93 bits per heavy atom. The molecule has 0 aromatic rings. The molecule has 1 unspecified atom stereocenters. The molecular weight excluding hydrogens is 165 g/mol. The van der Waals surface area contributed by atoms with Gasteiger partial charge in [-0.2, -0.15) is 0 Å². The molecule has 0 aliphatic carbocycles. The van der Waals surface area contributed by atoms with Gasteiger partial charge in [-0.25, -0.2) is 0 Å². The molecule has 0 saturated heterocycles. The second kappa shape index (κ2) is 10.1. The molecule has 14 heavy (non-hydrogen) atoms. The van der Waals surface area contributed by atoms with Crippen LogP contribution in [0.4, 0.5) is 0 Å². The number of hydrogen-bond acceptors (Lipinski definition) is 1. The van der Waals surface area contributed by atoms with Gasteiger partial charge in [0.2, 0.25) is 0 Å². The van der Waals surface area contributed by atoms with Crippen molar-refractivity contribution in [1.29, 1.82) is 0 Å². The van der Waals surface area contributed by atoms with E-state index in [-0.39, 0.29) is 0 Å². The van der Waals surface area contributed by atoms with E-state index in [1.807, 2.05) is 0 Å². The van der Waals surface area contributed by atoms with Crippen molar-refractivity contribution in [1.82, 2.24) is 4.90 Å². The molecule has 2 heteroatoms. The summed E-state index contributed by atoms with van der Waals surface area (Å²) < 4.78 is 0. The quantitative estimate of drug-likeness (QED) is 0.506. The molecular formula is C12H26LiN. The molecule has 0 N–H and O–H groups in total. The molecule has 0 fully saturated rings. The van der Waals surface area contributed by atoms with Crippen LogP contribution in [-0.4, -0.2) is 41.7 Å². The molecule has 0 aliphatic heterocycles. The summed E-state index contributed by atoms with van der Waals surface area (Å²) in [4.78, 5) is 2.68.